The van der Waals surface area contributed by atoms with Gasteiger partial charge in [-0.05, 0) is 56.0 Å². The van der Waals surface area contributed by atoms with Crippen LogP contribution in [0.2, 0.25) is 10.0 Å². The highest BCUT2D eigenvalue weighted by atomic mass is 35.5. The van der Waals surface area contributed by atoms with Crippen molar-refractivity contribution in [2.45, 2.75) is 25.2 Å². The van der Waals surface area contributed by atoms with Crippen molar-refractivity contribution in [2.75, 3.05) is 13.1 Å². The third kappa shape index (κ3) is 2.87. The van der Waals surface area contributed by atoms with E-state index in [4.69, 9.17) is 23.2 Å². The topological polar surface area (TPSA) is 12.0 Å². The fraction of sp³-hybridized carbons (Fsp3) is 0.500. The zero-order valence-electron chi connectivity index (χ0n) is 8.60. The fourth-order valence-electron chi connectivity index (χ4n) is 2.12. The second-order valence-corrected chi connectivity index (χ2v) is 4.87. The minimum atomic E-state index is 0.634. The molecule has 0 spiro atoms. The van der Waals surface area contributed by atoms with Crippen LogP contribution in [0.1, 0.15) is 30.7 Å². The third-order valence-electron chi connectivity index (χ3n) is 2.99. The molecule has 2 rings (SSSR count). The van der Waals surface area contributed by atoms with E-state index < -0.39 is 0 Å². The Labute approximate surface area is 101 Å². The summed E-state index contributed by atoms with van der Waals surface area (Å²) in [6, 6.07) is 6.02. The summed E-state index contributed by atoms with van der Waals surface area (Å²) in [5.74, 6) is 0.634. The molecule has 0 amide bonds. The molecule has 1 aromatic carbocycles. The Morgan fingerprint density at radius 3 is 2.73 bits per heavy atom. The van der Waals surface area contributed by atoms with Crippen molar-refractivity contribution in [3.05, 3.63) is 33.8 Å². The molecule has 1 N–H and O–H groups in total. The van der Waals surface area contributed by atoms with E-state index in [1.165, 1.54) is 24.8 Å². The number of hydrogen-bond acceptors (Lipinski definition) is 1. The zero-order chi connectivity index (χ0) is 10.7. The Balaban J connectivity index is 2.16. The summed E-state index contributed by atoms with van der Waals surface area (Å²) in [7, 11) is 0. The maximum absolute atomic E-state index is 6.03. The Kier molecular flexibility index (Phi) is 3.90. The standard InChI is InChI=1S/C12H15Cl2N/c13-11-4-3-10(8-12(11)14)9-2-1-6-15-7-5-9/h3-4,8-9,15H,1-2,5-7H2. The monoisotopic (exact) mass is 243 g/mol. The molecule has 0 aromatic heterocycles. The van der Waals surface area contributed by atoms with E-state index in [-0.39, 0.29) is 0 Å². The number of halogens is 2. The molecule has 1 atom stereocenters. The SMILES string of the molecule is Clc1ccc(C2CCCNCC2)cc1Cl. The highest BCUT2D eigenvalue weighted by Gasteiger charge is 2.14. The summed E-state index contributed by atoms with van der Waals surface area (Å²) >= 11 is 11.9. The number of nitrogens with one attached hydrogen (secondary N) is 1. The third-order valence-corrected chi connectivity index (χ3v) is 3.73. The molecule has 1 aliphatic heterocycles. The second kappa shape index (κ2) is 5.20. The lowest BCUT2D eigenvalue weighted by molar-refractivity contribution is 0.609. The highest BCUT2D eigenvalue weighted by Crippen LogP contribution is 2.31. The molecule has 0 saturated carbocycles. The number of hydrogen-bond donors (Lipinski definition) is 1. The van der Waals surface area contributed by atoms with Gasteiger partial charge in [0.05, 0.1) is 10.0 Å². The summed E-state index contributed by atoms with van der Waals surface area (Å²) in [4.78, 5) is 0. The summed E-state index contributed by atoms with van der Waals surface area (Å²) in [6.45, 7) is 2.24. The first-order chi connectivity index (χ1) is 7.27. The molecule has 1 fully saturated rings. The molecular formula is C12H15Cl2N. The van der Waals surface area contributed by atoms with E-state index in [9.17, 15) is 0 Å². The Morgan fingerprint density at radius 2 is 1.93 bits per heavy atom. The molecule has 15 heavy (non-hydrogen) atoms. The van der Waals surface area contributed by atoms with Gasteiger partial charge in [0.1, 0.15) is 0 Å². The minimum absolute atomic E-state index is 0.634. The lowest BCUT2D eigenvalue weighted by atomic mass is 9.92. The largest absolute Gasteiger partial charge is 0.317 e. The van der Waals surface area contributed by atoms with Crippen molar-refractivity contribution in [1.82, 2.24) is 5.32 Å². The van der Waals surface area contributed by atoms with Crippen molar-refractivity contribution in [3.63, 3.8) is 0 Å². The van der Waals surface area contributed by atoms with Crippen LogP contribution >= 0.6 is 23.2 Å². The molecule has 0 radical (unpaired) electrons. The molecule has 3 heteroatoms. The minimum Gasteiger partial charge on any atom is -0.317 e. The molecule has 82 valence electrons. The maximum atomic E-state index is 6.03. The van der Waals surface area contributed by atoms with Gasteiger partial charge in [0.15, 0.2) is 0 Å². The van der Waals surface area contributed by atoms with Gasteiger partial charge in [-0.1, -0.05) is 29.3 Å². The predicted octanol–water partition coefficient (Wildman–Crippen LogP) is 3.85. The molecular weight excluding hydrogens is 229 g/mol. The average molecular weight is 244 g/mol. The predicted molar refractivity (Wildman–Crippen MR) is 65.9 cm³/mol. The first-order valence-corrected chi connectivity index (χ1v) is 6.18. The number of benzene rings is 1. The lowest BCUT2D eigenvalue weighted by Crippen LogP contribution is -2.13. The molecule has 1 nitrogen and oxygen atoms in total. The molecule has 1 heterocycles. The van der Waals surface area contributed by atoms with Gasteiger partial charge in [-0.2, -0.15) is 0 Å². The van der Waals surface area contributed by atoms with Crippen LogP contribution in [0.5, 0.6) is 0 Å². The van der Waals surface area contributed by atoms with Gasteiger partial charge < -0.3 is 5.32 Å². The lowest BCUT2D eigenvalue weighted by Gasteiger charge is -2.14. The van der Waals surface area contributed by atoms with Gasteiger partial charge in [0, 0.05) is 0 Å². The van der Waals surface area contributed by atoms with Gasteiger partial charge in [0.2, 0.25) is 0 Å². The van der Waals surface area contributed by atoms with E-state index in [0.717, 1.165) is 13.1 Å². The van der Waals surface area contributed by atoms with Gasteiger partial charge >= 0.3 is 0 Å². The molecule has 0 bridgehead atoms. The van der Waals surface area contributed by atoms with Crippen molar-refractivity contribution in [3.8, 4) is 0 Å². The van der Waals surface area contributed by atoms with E-state index in [0.29, 0.717) is 16.0 Å². The Morgan fingerprint density at radius 1 is 1.07 bits per heavy atom. The van der Waals surface area contributed by atoms with Crippen LogP contribution in [0.15, 0.2) is 18.2 Å². The first kappa shape index (κ1) is 11.3. The fourth-order valence-corrected chi connectivity index (χ4v) is 2.43. The zero-order valence-corrected chi connectivity index (χ0v) is 10.1. The second-order valence-electron chi connectivity index (χ2n) is 4.05. The molecule has 0 aliphatic carbocycles. The number of rotatable bonds is 1. The van der Waals surface area contributed by atoms with Crippen LogP contribution in [-0.2, 0) is 0 Å². The van der Waals surface area contributed by atoms with Crippen LogP contribution in [0, 0.1) is 0 Å². The van der Waals surface area contributed by atoms with Crippen molar-refractivity contribution in [1.29, 1.82) is 0 Å². The van der Waals surface area contributed by atoms with Crippen LogP contribution in [0.25, 0.3) is 0 Å². The average Bonchev–Trinajstić information content (AvgIpc) is 2.50. The highest BCUT2D eigenvalue weighted by molar-refractivity contribution is 6.42. The summed E-state index contributed by atoms with van der Waals surface area (Å²) in [5.41, 5.74) is 1.33. The quantitative estimate of drug-likeness (QED) is 0.791. The van der Waals surface area contributed by atoms with E-state index >= 15 is 0 Å². The normalized spacial score (nSPS) is 22.4. The Hall–Kier alpha value is -0.240. The molecule has 1 saturated heterocycles. The van der Waals surface area contributed by atoms with Crippen molar-refractivity contribution < 1.29 is 0 Å². The van der Waals surface area contributed by atoms with E-state index in [1.807, 2.05) is 12.1 Å². The van der Waals surface area contributed by atoms with Gasteiger partial charge in [-0.15, -0.1) is 0 Å². The molecule has 1 aliphatic rings. The van der Waals surface area contributed by atoms with Crippen LogP contribution in [0.4, 0.5) is 0 Å². The summed E-state index contributed by atoms with van der Waals surface area (Å²) < 4.78 is 0. The van der Waals surface area contributed by atoms with Crippen LogP contribution < -0.4 is 5.32 Å². The van der Waals surface area contributed by atoms with Gasteiger partial charge in [-0.25, -0.2) is 0 Å². The smallest absolute Gasteiger partial charge is 0.0595 e. The maximum Gasteiger partial charge on any atom is 0.0595 e. The van der Waals surface area contributed by atoms with E-state index in [2.05, 4.69) is 11.4 Å². The van der Waals surface area contributed by atoms with E-state index in [1.54, 1.807) is 0 Å². The van der Waals surface area contributed by atoms with Crippen LogP contribution in [0.3, 0.4) is 0 Å². The molecule has 1 aromatic rings. The van der Waals surface area contributed by atoms with Crippen LogP contribution in [-0.4, -0.2) is 13.1 Å². The Bertz CT molecular complexity index is 330. The first-order valence-electron chi connectivity index (χ1n) is 5.43. The molecule has 1 unspecified atom stereocenters. The van der Waals surface area contributed by atoms with Crippen molar-refractivity contribution >= 4 is 23.2 Å². The summed E-state index contributed by atoms with van der Waals surface area (Å²) in [5, 5.41) is 4.73. The van der Waals surface area contributed by atoms with Gasteiger partial charge in [-0.3, -0.25) is 0 Å². The van der Waals surface area contributed by atoms with Gasteiger partial charge in [0.25, 0.3) is 0 Å². The summed E-state index contributed by atoms with van der Waals surface area (Å²) in [6.07, 6.45) is 3.67. The van der Waals surface area contributed by atoms with Crippen molar-refractivity contribution in [2.24, 2.45) is 0 Å².